The Kier molecular flexibility index (Phi) is 2.98. The van der Waals surface area contributed by atoms with Crippen molar-refractivity contribution in [2.45, 2.75) is 12.5 Å². The molecule has 0 bridgehead atoms. The molecule has 0 spiro atoms. The maximum atomic E-state index is 12.2. The van der Waals surface area contributed by atoms with Crippen LogP contribution in [0, 0.1) is 5.92 Å². The van der Waals surface area contributed by atoms with Gasteiger partial charge in [-0.25, -0.2) is 0 Å². The second-order valence-corrected chi connectivity index (χ2v) is 4.76. The molecule has 0 saturated heterocycles. The fourth-order valence-corrected chi connectivity index (χ4v) is 2.36. The van der Waals surface area contributed by atoms with Crippen LogP contribution in [0.1, 0.15) is 16.9 Å². The molecule has 0 saturated carbocycles. The van der Waals surface area contributed by atoms with Crippen molar-refractivity contribution in [1.82, 2.24) is 15.5 Å². The normalized spacial score (nSPS) is 21.2. The van der Waals surface area contributed by atoms with E-state index in [4.69, 9.17) is 5.11 Å². The molecule has 6 nitrogen and oxygen atoms in total. The number of amides is 1. The van der Waals surface area contributed by atoms with E-state index in [9.17, 15) is 9.59 Å². The van der Waals surface area contributed by atoms with E-state index >= 15 is 0 Å². The largest absolute Gasteiger partial charge is 0.481 e. The number of fused-ring (bicyclic) bond motifs is 1. The Bertz CT molecular complexity index is 705. The summed E-state index contributed by atoms with van der Waals surface area (Å²) in [6.07, 6.45) is 3.70. The van der Waals surface area contributed by atoms with Gasteiger partial charge in [0.15, 0.2) is 5.69 Å². The van der Waals surface area contributed by atoms with E-state index in [1.54, 1.807) is 12.2 Å². The molecule has 0 radical (unpaired) electrons. The summed E-state index contributed by atoms with van der Waals surface area (Å²) in [5.74, 6) is -1.71. The number of carboxylic acid groups (broad SMARTS) is 1. The summed E-state index contributed by atoms with van der Waals surface area (Å²) >= 11 is 0. The smallest absolute Gasteiger partial charge is 0.310 e. The minimum absolute atomic E-state index is 0.265. The predicted molar refractivity (Wildman–Crippen MR) is 72.2 cm³/mol. The second-order valence-electron chi connectivity index (χ2n) is 4.76. The number of H-pyrrole nitrogens is 1. The van der Waals surface area contributed by atoms with Crippen molar-refractivity contribution < 1.29 is 14.7 Å². The van der Waals surface area contributed by atoms with Gasteiger partial charge in [-0.3, -0.25) is 14.7 Å². The summed E-state index contributed by atoms with van der Waals surface area (Å²) < 4.78 is 0. The molecule has 0 fully saturated rings. The Balaban J connectivity index is 1.75. The van der Waals surface area contributed by atoms with Crippen LogP contribution in [-0.4, -0.2) is 33.2 Å². The van der Waals surface area contributed by atoms with Gasteiger partial charge in [-0.15, -0.1) is 0 Å². The number of hydrogen-bond acceptors (Lipinski definition) is 3. The number of rotatable bonds is 3. The molecule has 3 N–H and O–H groups in total. The highest BCUT2D eigenvalue weighted by Gasteiger charge is 2.26. The zero-order valence-electron chi connectivity index (χ0n) is 10.5. The molecule has 6 heteroatoms. The van der Waals surface area contributed by atoms with Crippen molar-refractivity contribution in [1.29, 1.82) is 0 Å². The molecule has 0 aliphatic heterocycles. The van der Waals surface area contributed by atoms with Crippen molar-refractivity contribution in [3.8, 4) is 0 Å². The summed E-state index contributed by atoms with van der Waals surface area (Å²) in [7, 11) is 0. The highest BCUT2D eigenvalue weighted by molar-refractivity contribution is 6.04. The van der Waals surface area contributed by atoms with Gasteiger partial charge >= 0.3 is 5.97 Å². The van der Waals surface area contributed by atoms with Gasteiger partial charge in [0.2, 0.25) is 0 Å². The van der Waals surface area contributed by atoms with Gasteiger partial charge in [-0.05, 0) is 12.5 Å². The van der Waals surface area contributed by atoms with E-state index in [0.29, 0.717) is 12.1 Å². The number of carbonyl (C=O) groups excluding carboxylic acids is 1. The minimum atomic E-state index is -0.872. The third kappa shape index (κ3) is 2.16. The Hall–Kier alpha value is -2.63. The maximum Gasteiger partial charge on any atom is 0.310 e. The highest BCUT2D eigenvalue weighted by Crippen LogP contribution is 2.19. The van der Waals surface area contributed by atoms with E-state index in [-0.39, 0.29) is 11.9 Å². The lowest BCUT2D eigenvalue weighted by Crippen LogP contribution is -2.33. The van der Waals surface area contributed by atoms with Crippen LogP contribution in [-0.2, 0) is 4.79 Å². The van der Waals surface area contributed by atoms with Crippen molar-refractivity contribution >= 4 is 22.8 Å². The first-order valence-electron chi connectivity index (χ1n) is 6.30. The van der Waals surface area contributed by atoms with Crippen molar-refractivity contribution in [2.24, 2.45) is 5.92 Å². The van der Waals surface area contributed by atoms with E-state index in [2.05, 4.69) is 15.5 Å². The number of carbonyl (C=O) groups is 2. The van der Waals surface area contributed by atoms with E-state index in [0.717, 1.165) is 10.9 Å². The summed E-state index contributed by atoms with van der Waals surface area (Å²) in [6.45, 7) is 0. The van der Waals surface area contributed by atoms with Crippen LogP contribution in [0.25, 0.3) is 10.9 Å². The molecular formula is C14H13N3O3. The van der Waals surface area contributed by atoms with Crippen LogP contribution in [0.3, 0.4) is 0 Å². The van der Waals surface area contributed by atoms with E-state index < -0.39 is 11.9 Å². The van der Waals surface area contributed by atoms with Crippen molar-refractivity contribution in [3.05, 3.63) is 42.1 Å². The summed E-state index contributed by atoms with van der Waals surface area (Å²) in [6, 6.07) is 7.09. The lowest BCUT2D eigenvalue weighted by atomic mass is 10.1. The average Bonchev–Trinajstić information content (AvgIpc) is 3.04. The fourth-order valence-electron chi connectivity index (χ4n) is 2.36. The van der Waals surface area contributed by atoms with Crippen LogP contribution in [0.4, 0.5) is 0 Å². The first-order valence-corrected chi connectivity index (χ1v) is 6.30. The minimum Gasteiger partial charge on any atom is -0.481 e. The first kappa shape index (κ1) is 12.4. The second kappa shape index (κ2) is 4.80. The molecular weight excluding hydrogens is 258 g/mol. The Morgan fingerprint density at radius 1 is 1.30 bits per heavy atom. The summed E-state index contributed by atoms with van der Waals surface area (Å²) in [5, 5.41) is 19.3. The predicted octanol–water partition coefficient (Wildman–Crippen LogP) is 1.32. The molecule has 1 aliphatic carbocycles. The highest BCUT2D eigenvalue weighted by atomic mass is 16.4. The molecule has 2 aromatic rings. The molecule has 2 unspecified atom stereocenters. The Morgan fingerprint density at radius 2 is 2.10 bits per heavy atom. The van der Waals surface area contributed by atoms with Gasteiger partial charge < -0.3 is 10.4 Å². The lowest BCUT2D eigenvalue weighted by molar-refractivity contribution is -0.140. The van der Waals surface area contributed by atoms with Gasteiger partial charge in [0, 0.05) is 11.4 Å². The van der Waals surface area contributed by atoms with Crippen LogP contribution in [0.5, 0.6) is 0 Å². The van der Waals surface area contributed by atoms with E-state index in [1.165, 1.54) is 0 Å². The number of carboxylic acids is 1. The van der Waals surface area contributed by atoms with Crippen molar-refractivity contribution in [3.63, 3.8) is 0 Å². The molecule has 1 amide bonds. The summed E-state index contributed by atoms with van der Waals surface area (Å²) in [4.78, 5) is 23.0. The van der Waals surface area contributed by atoms with Crippen molar-refractivity contribution in [2.75, 3.05) is 0 Å². The van der Waals surface area contributed by atoms with Crippen LogP contribution in [0.2, 0.25) is 0 Å². The van der Waals surface area contributed by atoms with Crippen LogP contribution in [0.15, 0.2) is 36.4 Å². The number of aliphatic carboxylic acids is 1. The Morgan fingerprint density at radius 3 is 2.85 bits per heavy atom. The number of aromatic amines is 1. The number of nitrogens with zero attached hydrogens (tertiary/aromatic N) is 1. The maximum absolute atomic E-state index is 12.2. The third-order valence-electron chi connectivity index (χ3n) is 3.40. The topological polar surface area (TPSA) is 95.1 Å². The SMILES string of the molecule is O=C(NC1C=CC(C(=O)O)C1)c1n[nH]c2ccccc12. The van der Waals surface area contributed by atoms with Gasteiger partial charge in [0.05, 0.1) is 11.4 Å². The average molecular weight is 271 g/mol. The number of hydrogen-bond donors (Lipinski definition) is 3. The van der Waals surface area contributed by atoms with Crippen LogP contribution >= 0.6 is 0 Å². The van der Waals surface area contributed by atoms with Gasteiger partial charge in [0.25, 0.3) is 5.91 Å². The number of para-hydroxylation sites is 1. The van der Waals surface area contributed by atoms with E-state index in [1.807, 2.05) is 24.3 Å². The Labute approximate surface area is 114 Å². The number of nitrogens with one attached hydrogen (secondary N) is 2. The van der Waals surface area contributed by atoms with Gasteiger partial charge in [0.1, 0.15) is 0 Å². The standard InChI is InChI=1S/C14H13N3O3/c18-13(15-9-6-5-8(7-9)14(19)20)12-10-3-1-2-4-11(10)16-17-12/h1-6,8-9H,7H2,(H,15,18)(H,16,17)(H,19,20). The molecule has 1 aliphatic rings. The molecule has 1 aromatic heterocycles. The molecule has 1 aromatic carbocycles. The lowest BCUT2D eigenvalue weighted by Gasteiger charge is -2.10. The zero-order chi connectivity index (χ0) is 14.1. The quantitative estimate of drug-likeness (QED) is 0.734. The first-order chi connectivity index (χ1) is 9.65. The molecule has 20 heavy (non-hydrogen) atoms. The van der Waals surface area contributed by atoms with Gasteiger partial charge in [-0.2, -0.15) is 5.10 Å². The molecule has 3 rings (SSSR count). The number of benzene rings is 1. The molecule has 2 atom stereocenters. The zero-order valence-corrected chi connectivity index (χ0v) is 10.5. The van der Waals surface area contributed by atoms with Gasteiger partial charge in [-0.1, -0.05) is 30.4 Å². The fraction of sp³-hybridized carbons (Fsp3) is 0.214. The van der Waals surface area contributed by atoms with Crippen LogP contribution < -0.4 is 5.32 Å². The summed E-state index contributed by atoms with van der Waals surface area (Å²) in [5.41, 5.74) is 1.12. The number of aromatic nitrogens is 2. The molecule has 1 heterocycles. The molecule has 102 valence electrons. The monoisotopic (exact) mass is 271 g/mol. The third-order valence-corrected chi connectivity index (χ3v) is 3.40.